The molecule has 0 radical (unpaired) electrons. The third-order valence-corrected chi connectivity index (χ3v) is 5.56. The van der Waals surface area contributed by atoms with Crippen molar-refractivity contribution >= 4 is 27.3 Å². The Labute approximate surface area is 151 Å². The molecule has 0 unspecified atom stereocenters. The van der Waals surface area contributed by atoms with Crippen LogP contribution in [0.15, 0.2) is 51.9 Å². The smallest absolute Gasteiger partial charge is 0.262 e. The second-order valence-corrected chi connectivity index (χ2v) is 7.88. The average Bonchev–Trinajstić information content (AvgIpc) is 2.97. The van der Waals surface area contributed by atoms with Crippen molar-refractivity contribution in [2.24, 2.45) is 0 Å². The van der Waals surface area contributed by atoms with Crippen LogP contribution in [0.3, 0.4) is 0 Å². The monoisotopic (exact) mass is 376 g/mol. The SMILES string of the molecule is Cc1ncc(-c2ccc(C)c(S(=O)(=O)Nc3ccc(Cl)cc3C)c2)o1. The van der Waals surface area contributed by atoms with E-state index in [1.165, 1.54) is 0 Å². The van der Waals surface area contributed by atoms with E-state index in [1.54, 1.807) is 57.3 Å². The highest BCUT2D eigenvalue weighted by Gasteiger charge is 2.19. The van der Waals surface area contributed by atoms with Crippen molar-refractivity contribution in [2.45, 2.75) is 25.7 Å². The lowest BCUT2D eigenvalue weighted by atomic mass is 10.1. The number of halogens is 1. The molecule has 0 spiro atoms. The van der Waals surface area contributed by atoms with Crippen LogP contribution in [0.4, 0.5) is 5.69 Å². The molecule has 0 atom stereocenters. The summed E-state index contributed by atoms with van der Waals surface area (Å²) in [4.78, 5) is 4.24. The summed E-state index contributed by atoms with van der Waals surface area (Å²) in [5.74, 6) is 1.05. The first-order valence-electron chi connectivity index (χ1n) is 7.59. The average molecular weight is 377 g/mol. The summed E-state index contributed by atoms with van der Waals surface area (Å²) in [6.45, 7) is 5.28. The maximum absolute atomic E-state index is 12.9. The molecule has 130 valence electrons. The van der Waals surface area contributed by atoms with Gasteiger partial charge in [0.15, 0.2) is 11.7 Å². The van der Waals surface area contributed by atoms with E-state index < -0.39 is 10.0 Å². The van der Waals surface area contributed by atoms with Gasteiger partial charge >= 0.3 is 0 Å². The van der Waals surface area contributed by atoms with Crippen LogP contribution in [0, 0.1) is 20.8 Å². The Morgan fingerprint density at radius 2 is 1.80 bits per heavy atom. The summed E-state index contributed by atoms with van der Waals surface area (Å²) >= 11 is 5.93. The number of aryl methyl sites for hydroxylation is 3. The molecular formula is C18H17ClN2O3S. The molecule has 0 saturated heterocycles. The van der Waals surface area contributed by atoms with Gasteiger partial charge < -0.3 is 4.42 Å². The summed E-state index contributed by atoms with van der Waals surface area (Å²) in [6.07, 6.45) is 1.58. The molecule has 2 aromatic carbocycles. The zero-order valence-corrected chi connectivity index (χ0v) is 15.6. The first-order chi connectivity index (χ1) is 11.8. The number of rotatable bonds is 4. The Morgan fingerprint density at radius 1 is 1.04 bits per heavy atom. The molecule has 1 N–H and O–H groups in total. The minimum Gasteiger partial charge on any atom is -0.441 e. The second-order valence-electron chi connectivity index (χ2n) is 5.79. The Bertz CT molecular complexity index is 1040. The molecule has 0 aliphatic heterocycles. The molecule has 0 bridgehead atoms. The maximum atomic E-state index is 12.9. The summed E-state index contributed by atoms with van der Waals surface area (Å²) < 4.78 is 33.8. The van der Waals surface area contributed by atoms with Gasteiger partial charge in [-0.1, -0.05) is 23.7 Å². The standard InChI is InChI=1S/C18H17ClN2O3S/c1-11-4-5-14(17-10-20-13(3)24-17)9-18(11)25(22,23)21-16-7-6-15(19)8-12(16)2/h4-10,21H,1-3H3. The van der Waals surface area contributed by atoms with E-state index in [0.717, 1.165) is 5.56 Å². The summed E-state index contributed by atoms with van der Waals surface area (Å²) in [7, 11) is -3.76. The molecule has 0 aliphatic carbocycles. The van der Waals surface area contributed by atoms with Crippen LogP contribution in [0.5, 0.6) is 0 Å². The highest BCUT2D eigenvalue weighted by molar-refractivity contribution is 7.92. The van der Waals surface area contributed by atoms with Gasteiger partial charge in [-0.3, -0.25) is 4.72 Å². The summed E-state index contributed by atoms with van der Waals surface area (Å²) in [5.41, 5.74) is 2.53. The Morgan fingerprint density at radius 3 is 2.44 bits per heavy atom. The van der Waals surface area contributed by atoms with E-state index in [0.29, 0.717) is 33.5 Å². The summed E-state index contributed by atoms with van der Waals surface area (Å²) in [6, 6.07) is 10.1. The highest BCUT2D eigenvalue weighted by atomic mass is 35.5. The zero-order chi connectivity index (χ0) is 18.2. The predicted octanol–water partition coefficient (Wildman–Crippen LogP) is 4.72. The van der Waals surface area contributed by atoms with Gasteiger partial charge in [0.2, 0.25) is 0 Å². The van der Waals surface area contributed by atoms with E-state index in [2.05, 4.69) is 9.71 Å². The molecule has 7 heteroatoms. The fraction of sp³-hybridized carbons (Fsp3) is 0.167. The van der Waals surface area contributed by atoms with Crippen molar-refractivity contribution in [1.29, 1.82) is 0 Å². The number of nitrogens with one attached hydrogen (secondary N) is 1. The van der Waals surface area contributed by atoms with E-state index >= 15 is 0 Å². The first-order valence-corrected chi connectivity index (χ1v) is 9.45. The van der Waals surface area contributed by atoms with Crippen molar-refractivity contribution in [3.63, 3.8) is 0 Å². The molecule has 0 amide bonds. The van der Waals surface area contributed by atoms with Crippen LogP contribution in [0.25, 0.3) is 11.3 Å². The Hall–Kier alpha value is -2.31. The molecule has 1 heterocycles. The van der Waals surface area contributed by atoms with E-state index in [1.807, 2.05) is 6.07 Å². The quantitative estimate of drug-likeness (QED) is 0.715. The molecule has 5 nitrogen and oxygen atoms in total. The largest absolute Gasteiger partial charge is 0.441 e. The predicted molar refractivity (Wildman–Crippen MR) is 98.4 cm³/mol. The third kappa shape index (κ3) is 3.70. The van der Waals surface area contributed by atoms with Gasteiger partial charge in [0.1, 0.15) is 0 Å². The van der Waals surface area contributed by atoms with Crippen LogP contribution >= 0.6 is 11.6 Å². The summed E-state index contributed by atoms with van der Waals surface area (Å²) in [5, 5.41) is 0.555. The van der Waals surface area contributed by atoms with Gasteiger partial charge in [0, 0.05) is 17.5 Å². The minimum absolute atomic E-state index is 0.188. The molecule has 0 fully saturated rings. The minimum atomic E-state index is -3.76. The third-order valence-electron chi connectivity index (χ3n) is 3.82. The van der Waals surface area contributed by atoms with Gasteiger partial charge in [0.05, 0.1) is 16.8 Å². The number of aromatic nitrogens is 1. The Balaban J connectivity index is 2.01. The normalized spacial score (nSPS) is 11.5. The van der Waals surface area contributed by atoms with Gasteiger partial charge in [-0.25, -0.2) is 13.4 Å². The number of sulfonamides is 1. The van der Waals surface area contributed by atoms with Crippen molar-refractivity contribution in [1.82, 2.24) is 4.98 Å². The lowest BCUT2D eigenvalue weighted by molar-refractivity contribution is 0.534. The van der Waals surface area contributed by atoms with Crippen LogP contribution in [-0.2, 0) is 10.0 Å². The van der Waals surface area contributed by atoms with Gasteiger partial charge in [0.25, 0.3) is 10.0 Å². The van der Waals surface area contributed by atoms with E-state index in [4.69, 9.17) is 16.0 Å². The van der Waals surface area contributed by atoms with Crippen molar-refractivity contribution < 1.29 is 12.8 Å². The molecule has 0 saturated carbocycles. The van der Waals surface area contributed by atoms with E-state index in [-0.39, 0.29) is 4.90 Å². The van der Waals surface area contributed by atoms with Gasteiger partial charge in [-0.15, -0.1) is 0 Å². The molecule has 1 aromatic heterocycles. The number of hydrogen-bond acceptors (Lipinski definition) is 4. The van der Waals surface area contributed by atoms with E-state index in [9.17, 15) is 8.42 Å². The first kappa shape index (κ1) is 17.5. The zero-order valence-electron chi connectivity index (χ0n) is 14.0. The molecule has 0 aliphatic rings. The van der Waals surface area contributed by atoms with Crippen molar-refractivity contribution in [3.8, 4) is 11.3 Å². The topological polar surface area (TPSA) is 72.2 Å². The van der Waals surface area contributed by atoms with Crippen LogP contribution in [-0.4, -0.2) is 13.4 Å². The second kappa shape index (κ2) is 6.54. The van der Waals surface area contributed by atoms with Crippen molar-refractivity contribution in [3.05, 3.63) is 64.6 Å². The van der Waals surface area contributed by atoms with Crippen LogP contribution < -0.4 is 4.72 Å². The van der Waals surface area contributed by atoms with Crippen LogP contribution in [0.2, 0.25) is 5.02 Å². The van der Waals surface area contributed by atoms with Gasteiger partial charge in [-0.2, -0.15) is 0 Å². The fourth-order valence-electron chi connectivity index (χ4n) is 2.48. The highest BCUT2D eigenvalue weighted by Crippen LogP contribution is 2.28. The maximum Gasteiger partial charge on any atom is 0.262 e. The fourth-order valence-corrected chi connectivity index (χ4v) is 4.11. The number of hydrogen-bond donors (Lipinski definition) is 1. The van der Waals surface area contributed by atoms with Crippen molar-refractivity contribution in [2.75, 3.05) is 4.72 Å². The lowest BCUT2D eigenvalue weighted by Crippen LogP contribution is -2.15. The molecular weight excluding hydrogens is 360 g/mol. The molecule has 3 rings (SSSR count). The number of oxazole rings is 1. The Kier molecular flexibility index (Phi) is 4.58. The number of anilines is 1. The number of nitrogens with zero attached hydrogens (tertiary/aromatic N) is 1. The molecule has 3 aromatic rings. The van der Waals surface area contributed by atoms with Gasteiger partial charge in [-0.05, 0) is 49.2 Å². The van der Waals surface area contributed by atoms with Crippen LogP contribution in [0.1, 0.15) is 17.0 Å². The molecule has 25 heavy (non-hydrogen) atoms. The lowest BCUT2D eigenvalue weighted by Gasteiger charge is -2.13. The number of benzene rings is 2.